The number of pyridine rings is 2. The lowest BCUT2D eigenvalue weighted by atomic mass is 9.91. The molecule has 2 aromatic rings. The molecular formula is C23H34BClN4O. The molecule has 0 atom stereocenters. The summed E-state index contributed by atoms with van der Waals surface area (Å²) in [6.07, 6.45) is 8.52. The SMILES string of the molecule is Bc1ccc(NCC2CCOCC2)nc1-c1cc(NC(CCC)CCC)ncc1Cl. The average molecular weight is 429 g/mol. The zero-order valence-electron chi connectivity index (χ0n) is 18.5. The Morgan fingerprint density at radius 2 is 1.90 bits per heavy atom. The van der Waals surface area contributed by atoms with Gasteiger partial charge in [0.1, 0.15) is 19.5 Å². The predicted octanol–water partition coefficient (Wildman–Crippen LogP) is 4.27. The van der Waals surface area contributed by atoms with Crippen molar-refractivity contribution < 1.29 is 4.74 Å². The third-order valence-corrected chi connectivity index (χ3v) is 6.05. The molecule has 1 fully saturated rings. The molecule has 7 heteroatoms. The highest BCUT2D eigenvalue weighted by molar-refractivity contribution is 6.38. The third kappa shape index (κ3) is 6.35. The van der Waals surface area contributed by atoms with E-state index in [1.165, 1.54) is 0 Å². The molecule has 1 saturated heterocycles. The van der Waals surface area contributed by atoms with Crippen LogP contribution in [0.2, 0.25) is 5.02 Å². The maximum absolute atomic E-state index is 6.55. The summed E-state index contributed by atoms with van der Waals surface area (Å²) in [7, 11) is 2.07. The second-order valence-corrected chi connectivity index (χ2v) is 8.67. The van der Waals surface area contributed by atoms with Crippen LogP contribution in [0, 0.1) is 5.92 Å². The zero-order chi connectivity index (χ0) is 21.3. The first-order chi connectivity index (χ1) is 14.6. The van der Waals surface area contributed by atoms with Crippen LogP contribution < -0.4 is 16.1 Å². The normalized spacial score (nSPS) is 14.8. The van der Waals surface area contributed by atoms with Gasteiger partial charge in [-0.15, -0.1) is 0 Å². The van der Waals surface area contributed by atoms with Gasteiger partial charge in [0.05, 0.1) is 10.7 Å². The number of aromatic nitrogens is 2. The van der Waals surface area contributed by atoms with Crippen LogP contribution >= 0.6 is 11.6 Å². The summed E-state index contributed by atoms with van der Waals surface area (Å²) in [6, 6.07) is 6.63. The van der Waals surface area contributed by atoms with Gasteiger partial charge >= 0.3 is 0 Å². The number of nitrogens with zero attached hydrogens (tertiary/aromatic N) is 2. The van der Waals surface area contributed by atoms with Crippen molar-refractivity contribution in [3.8, 4) is 11.3 Å². The molecule has 5 nitrogen and oxygen atoms in total. The lowest BCUT2D eigenvalue weighted by Gasteiger charge is -2.22. The third-order valence-electron chi connectivity index (χ3n) is 5.75. The van der Waals surface area contributed by atoms with Crippen LogP contribution in [0.4, 0.5) is 11.6 Å². The first kappa shape index (κ1) is 22.9. The average Bonchev–Trinajstić information content (AvgIpc) is 2.76. The summed E-state index contributed by atoms with van der Waals surface area (Å²) >= 11 is 6.55. The largest absolute Gasteiger partial charge is 0.381 e. The molecule has 3 heterocycles. The summed E-state index contributed by atoms with van der Waals surface area (Å²) in [5.74, 6) is 2.39. The number of hydrogen-bond donors (Lipinski definition) is 2. The Balaban J connectivity index is 1.78. The van der Waals surface area contributed by atoms with Gasteiger partial charge in [-0.25, -0.2) is 9.97 Å². The molecule has 0 spiro atoms. The van der Waals surface area contributed by atoms with Crippen molar-refractivity contribution in [3.05, 3.63) is 29.4 Å². The minimum Gasteiger partial charge on any atom is -0.381 e. The van der Waals surface area contributed by atoms with Crippen LogP contribution in [0.15, 0.2) is 24.4 Å². The van der Waals surface area contributed by atoms with Gasteiger partial charge in [0, 0.05) is 37.6 Å². The van der Waals surface area contributed by atoms with E-state index in [-0.39, 0.29) is 0 Å². The molecule has 0 aromatic carbocycles. The fourth-order valence-electron chi connectivity index (χ4n) is 3.99. The van der Waals surface area contributed by atoms with Crippen molar-refractivity contribution >= 4 is 36.5 Å². The van der Waals surface area contributed by atoms with Gasteiger partial charge in [-0.2, -0.15) is 0 Å². The molecule has 0 bridgehead atoms. The van der Waals surface area contributed by atoms with Gasteiger partial charge < -0.3 is 15.4 Å². The zero-order valence-corrected chi connectivity index (χ0v) is 19.3. The predicted molar refractivity (Wildman–Crippen MR) is 130 cm³/mol. The highest BCUT2D eigenvalue weighted by atomic mass is 35.5. The monoisotopic (exact) mass is 428 g/mol. The fourth-order valence-corrected chi connectivity index (χ4v) is 4.19. The quantitative estimate of drug-likeness (QED) is 0.553. The van der Waals surface area contributed by atoms with Crippen molar-refractivity contribution in [2.75, 3.05) is 30.4 Å². The van der Waals surface area contributed by atoms with Gasteiger partial charge in [0.15, 0.2) is 0 Å². The van der Waals surface area contributed by atoms with E-state index in [1.807, 2.05) is 12.1 Å². The first-order valence-electron chi connectivity index (χ1n) is 11.3. The van der Waals surface area contributed by atoms with Crippen LogP contribution in [0.1, 0.15) is 52.4 Å². The summed E-state index contributed by atoms with van der Waals surface area (Å²) in [5.41, 5.74) is 2.93. The number of halogens is 1. The molecule has 162 valence electrons. The number of hydrogen-bond acceptors (Lipinski definition) is 5. The van der Waals surface area contributed by atoms with E-state index >= 15 is 0 Å². The molecule has 0 saturated carbocycles. The number of rotatable bonds is 10. The second-order valence-electron chi connectivity index (χ2n) is 8.27. The van der Waals surface area contributed by atoms with E-state index in [1.54, 1.807) is 6.20 Å². The van der Waals surface area contributed by atoms with Gasteiger partial charge in [-0.05, 0) is 43.7 Å². The lowest BCUT2D eigenvalue weighted by Crippen LogP contribution is -2.23. The van der Waals surface area contributed by atoms with Gasteiger partial charge in [-0.1, -0.05) is 49.8 Å². The summed E-state index contributed by atoms with van der Waals surface area (Å²) in [6.45, 7) is 7.08. The minimum atomic E-state index is 0.433. The molecule has 3 rings (SSSR count). The molecule has 2 aromatic heterocycles. The van der Waals surface area contributed by atoms with E-state index in [2.05, 4.69) is 43.4 Å². The van der Waals surface area contributed by atoms with E-state index < -0.39 is 0 Å². The van der Waals surface area contributed by atoms with Gasteiger partial charge in [0.25, 0.3) is 0 Å². The molecule has 30 heavy (non-hydrogen) atoms. The van der Waals surface area contributed by atoms with Crippen LogP contribution in [0.5, 0.6) is 0 Å². The maximum Gasteiger partial charge on any atom is 0.142 e. The molecule has 0 radical (unpaired) electrons. The Morgan fingerprint density at radius 3 is 2.60 bits per heavy atom. The Labute approximate surface area is 186 Å². The lowest BCUT2D eigenvalue weighted by molar-refractivity contribution is 0.0699. The van der Waals surface area contributed by atoms with Crippen molar-refractivity contribution in [3.63, 3.8) is 0 Å². The van der Waals surface area contributed by atoms with Crippen molar-refractivity contribution in [1.82, 2.24) is 9.97 Å². The summed E-state index contributed by atoms with van der Waals surface area (Å²) in [5, 5.41) is 7.73. The standard InChI is InChI=1S/C23H34BClN4O/c1-3-5-17(6-4-2)28-22-13-18(20(25)15-27-22)23-19(24)7-8-21(29-23)26-14-16-9-11-30-12-10-16/h7-8,13,15-17H,3-6,9-12,14,24H2,1-2H3,(H,26,29)(H,27,28). The van der Waals surface area contributed by atoms with E-state index in [0.29, 0.717) is 17.0 Å². The van der Waals surface area contributed by atoms with Crippen molar-refractivity contribution in [1.29, 1.82) is 0 Å². The van der Waals surface area contributed by atoms with Crippen LogP contribution in [-0.2, 0) is 4.74 Å². The van der Waals surface area contributed by atoms with Crippen molar-refractivity contribution in [2.24, 2.45) is 5.92 Å². The summed E-state index contributed by atoms with van der Waals surface area (Å²) in [4.78, 5) is 9.42. The molecule has 1 aliphatic heterocycles. The van der Waals surface area contributed by atoms with Gasteiger partial charge in [-0.3, -0.25) is 0 Å². The Kier molecular flexibility index (Phi) is 8.82. The molecular weight excluding hydrogens is 395 g/mol. The number of ether oxygens (including phenoxy) is 1. The highest BCUT2D eigenvalue weighted by Gasteiger charge is 2.16. The summed E-state index contributed by atoms with van der Waals surface area (Å²) < 4.78 is 5.46. The number of nitrogens with one attached hydrogen (secondary N) is 2. The minimum absolute atomic E-state index is 0.433. The van der Waals surface area contributed by atoms with Crippen LogP contribution in [0.25, 0.3) is 11.3 Å². The molecule has 0 aliphatic carbocycles. The van der Waals surface area contributed by atoms with E-state index in [4.69, 9.17) is 21.3 Å². The van der Waals surface area contributed by atoms with Crippen LogP contribution in [-0.4, -0.2) is 43.6 Å². The second kappa shape index (κ2) is 11.6. The maximum atomic E-state index is 6.55. The van der Waals surface area contributed by atoms with Crippen LogP contribution in [0.3, 0.4) is 0 Å². The van der Waals surface area contributed by atoms with Crippen molar-refractivity contribution in [2.45, 2.75) is 58.4 Å². The van der Waals surface area contributed by atoms with Gasteiger partial charge in [0.2, 0.25) is 0 Å². The Morgan fingerprint density at radius 1 is 1.17 bits per heavy atom. The fraction of sp³-hybridized carbons (Fsp3) is 0.565. The molecule has 0 amide bonds. The Bertz CT molecular complexity index is 808. The van der Waals surface area contributed by atoms with E-state index in [0.717, 1.165) is 86.6 Å². The Hall–Kier alpha value is -1.79. The first-order valence-corrected chi connectivity index (χ1v) is 11.7. The van der Waals surface area contributed by atoms with E-state index in [9.17, 15) is 0 Å². The highest BCUT2D eigenvalue weighted by Crippen LogP contribution is 2.28. The molecule has 2 N–H and O–H groups in total. The smallest absolute Gasteiger partial charge is 0.142 e. The number of anilines is 2. The molecule has 0 unspecified atom stereocenters. The topological polar surface area (TPSA) is 59.1 Å². The molecule has 1 aliphatic rings.